The molecular formula is C17H25NO4. The molecule has 0 aliphatic carbocycles. The molecule has 0 fully saturated rings. The van der Waals surface area contributed by atoms with Gasteiger partial charge in [-0.2, -0.15) is 4.90 Å². The van der Waals surface area contributed by atoms with Crippen molar-refractivity contribution in [2.24, 2.45) is 0 Å². The van der Waals surface area contributed by atoms with E-state index < -0.39 is 23.4 Å². The van der Waals surface area contributed by atoms with Crippen LogP contribution in [0.2, 0.25) is 0 Å². The molecule has 0 saturated carbocycles. The van der Waals surface area contributed by atoms with Crippen LogP contribution in [0.3, 0.4) is 0 Å². The lowest BCUT2D eigenvalue weighted by atomic mass is 10.2. The molecule has 122 valence electrons. The summed E-state index contributed by atoms with van der Waals surface area (Å²) in [6, 6.07) is 7.00. The fourth-order valence-electron chi connectivity index (χ4n) is 1.59. The van der Waals surface area contributed by atoms with Gasteiger partial charge in [0.25, 0.3) is 0 Å². The maximum absolute atomic E-state index is 12.4. The lowest BCUT2D eigenvalue weighted by Gasteiger charge is -2.28. The molecule has 0 aromatic heterocycles. The normalized spacial score (nSPS) is 11.8. The highest BCUT2D eigenvalue weighted by molar-refractivity contribution is 6.09. The molecule has 1 aromatic carbocycles. The number of amides is 2. The number of benzene rings is 1. The summed E-state index contributed by atoms with van der Waals surface area (Å²) in [4.78, 5) is 25.7. The first-order valence-corrected chi connectivity index (χ1v) is 7.22. The Morgan fingerprint density at radius 3 is 1.50 bits per heavy atom. The molecule has 0 atom stereocenters. The SMILES string of the molecule is Cc1ccc(N(C(=O)OC(C)(C)C)C(=O)OC(C)(C)C)cc1. The Morgan fingerprint density at radius 1 is 0.818 bits per heavy atom. The number of anilines is 1. The molecule has 5 nitrogen and oxygen atoms in total. The summed E-state index contributed by atoms with van der Waals surface area (Å²) in [5.41, 5.74) is 0.0237. The molecule has 0 aliphatic heterocycles. The highest BCUT2D eigenvalue weighted by atomic mass is 16.6. The number of rotatable bonds is 1. The molecule has 1 aromatic rings. The summed E-state index contributed by atoms with van der Waals surface area (Å²) in [7, 11) is 0. The van der Waals surface area contributed by atoms with Crippen molar-refractivity contribution in [1.82, 2.24) is 0 Å². The van der Waals surface area contributed by atoms with E-state index >= 15 is 0 Å². The van der Waals surface area contributed by atoms with E-state index in [1.807, 2.05) is 19.1 Å². The Bertz CT molecular complexity index is 507. The van der Waals surface area contributed by atoms with Crippen molar-refractivity contribution in [3.63, 3.8) is 0 Å². The fourth-order valence-corrected chi connectivity index (χ4v) is 1.59. The molecule has 0 spiro atoms. The maximum atomic E-state index is 12.4. The Labute approximate surface area is 132 Å². The summed E-state index contributed by atoms with van der Waals surface area (Å²) >= 11 is 0. The van der Waals surface area contributed by atoms with Crippen LogP contribution in [0.25, 0.3) is 0 Å². The lowest BCUT2D eigenvalue weighted by Crippen LogP contribution is -2.43. The number of carbonyl (C=O) groups excluding carboxylic acids is 2. The number of hydrogen-bond donors (Lipinski definition) is 0. The largest absolute Gasteiger partial charge is 0.443 e. The Hall–Kier alpha value is -2.04. The molecule has 0 radical (unpaired) electrons. The van der Waals surface area contributed by atoms with Gasteiger partial charge in [0.1, 0.15) is 11.2 Å². The number of hydrogen-bond acceptors (Lipinski definition) is 4. The molecule has 0 bridgehead atoms. The van der Waals surface area contributed by atoms with Crippen molar-refractivity contribution in [1.29, 1.82) is 0 Å². The zero-order valence-corrected chi connectivity index (χ0v) is 14.4. The van der Waals surface area contributed by atoms with Crippen LogP contribution < -0.4 is 4.90 Å². The number of ether oxygens (including phenoxy) is 2. The van der Waals surface area contributed by atoms with E-state index in [1.165, 1.54) is 0 Å². The van der Waals surface area contributed by atoms with E-state index in [1.54, 1.807) is 53.7 Å². The van der Waals surface area contributed by atoms with Gasteiger partial charge in [0, 0.05) is 0 Å². The summed E-state index contributed by atoms with van der Waals surface area (Å²) in [6.45, 7) is 12.4. The first-order valence-electron chi connectivity index (χ1n) is 7.22. The smallest absolute Gasteiger partial charge is 0.424 e. The molecule has 0 heterocycles. The van der Waals surface area contributed by atoms with Crippen LogP contribution in [0.4, 0.5) is 15.3 Å². The average molecular weight is 307 g/mol. The Kier molecular flexibility index (Phi) is 5.22. The second-order valence-electron chi connectivity index (χ2n) is 7.13. The van der Waals surface area contributed by atoms with Gasteiger partial charge in [0.05, 0.1) is 5.69 Å². The van der Waals surface area contributed by atoms with Crippen molar-refractivity contribution < 1.29 is 19.1 Å². The third-order valence-corrected chi connectivity index (χ3v) is 2.44. The Balaban J connectivity index is 3.12. The summed E-state index contributed by atoms with van der Waals surface area (Å²) < 4.78 is 10.6. The highest BCUT2D eigenvalue weighted by Gasteiger charge is 2.32. The van der Waals surface area contributed by atoms with E-state index in [2.05, 4.69) is 0 Å². The summed E-state index contributed by atoms with van der Waals surface area (Å²) in [5.74, 6) is 0. The number of imide groups is 1. The molecular weight excluding hydrogens is 282 g/mol. The van der Waals surface area contributed by atoms with Crippen molar-refractivity contribution >= 4 is 17.9 Å². The zero-order chi connectivity index (χ0) is 17.1. The first-order chi connectivity index (χ1) is 9.89. The van der Waals surface area contributed by atoms with Crippen LogP contribution in [0.1, 0.15) is 47.1 Å². The van der Waals surface area contributed by atoms with Crippen LogP contribution in [0, 0.1) is 6.92 Å². The minimum Gasteiger partial charge on any atom is -0.443 e. The number of carbonyl (C=O) groups is 2. The molecule has 0 unspecified atom stereocenters. The van der Waals surface area contributed by atoms with Gasteiger partial charge >= 0.3 is 12.2 Å². The summed E-state index contributed by atoms with van der Waals surface area (Å²) in [5, 5.41) is 0. The van der Waals surface area contributed by atoms with Gasteiger partial charge in [0.15, 0.2) is 0 Å². The lowest BCUT2D eigenvalue weighted by molar-refractivity contribution is 0.0431. The average Bonchev–Trinajstić information content (AvgIpc) is 2.27. The van der Waals surface area contributed by atoms with Crippen molar-refractivity contribution in [2.45, 2.75) is 59.7 Å². The third-order valence-electron chi connectivity index (χ3n) is 2.44. The van der Waals surface area contributed by atoms with E-state index in [0.29, 0.717) is 5.69 Å². The molecule has 22 heavy (non-hydrogen) atoms. The number of nitrogens with zero attached hydrogens (tertiary/aromatic N) is 1. The highest BCUT2D eigenvalue weighted by Crippen LogP contribution is 2.22. The number of aryl methyl sites for hydroxylation is 1. The van der Waals surface area contributed by atoms with E-state index in [4.69, 9.17) is 9.47 Å². The quantitative estimate of drug-likeness (QED) is 0.756. The predicted octanol–water partition coefficient (Wildman–Crippen LogP) is 4.67. The molecule has 2 amide bonds. The van der Waals surface area contributed by atoms with Gasteiger partial charge in [-0.15, -0.1) is 0 Å². The van der Waals surface area contributed by atoms with Gasteiger partial charge in [-0.25, -0.2) is 9.59 Å². The second-order valence-corrected chi connectivity index (χ2v) is 7.13. The first kappa shape index (κ1) is 18.0. The molecule has 1 rings (SSSR count). The standard InChI is InChI=1S/C17H25NO4/c1-12-8-10-13(11-9-12)18(14(19)21-16(2,3)4)15(20)22-17(5,6)7/h8-11H,1-7H3. The molecule has 0 aliphatic rings. The predicted molar refractivity (Wildman–Crippen MR) is 86.1 cm³/mol. The minimum absolute atomic E-state index is 0.411. The van der Waals surface area contributed by atoms with Crippen LogP contribution in [0.5, 0.6) is 0 Å². The molecule has 0 N–H and O–H groups in total. The van der Waals surface area contributed by atoms with E-state index in [0.717, 1.165) is 10.5 Å². The van der Waals surface area contributed by atoms with Crippen LogP contribution >= 0.6 is 0 Å². The van der Waals surface area contributed by atoms with Crippen molar-refractivity contribution in [3.8, 4) is 0 Å². The molecule has 0 saturated heterocycles. The van der Waals surface area contributed by atoms with Gasteiger partial charge in [-0.05, 0) is 60.6 Å². The van der Waals surface area contributed by atoms with Crippen LogP contribution in [-0.2, 0) is 9.47 Å². The van der Waals surface area contributed by atoms with Gasteiger partial charge < -0.3 is 9.47 Å². The topological polar surface area (TPSA) is 55.8 Å². The maximum Gasteiger partial charge on any atom is 0.424 e. The fraction of sp³-hybridized carbons (Fsp3) is 0.529. The third kappa shape index (κ3) is 5.76. The van der Waals surface area contributed by atoms with Crippen molar-refractivity contribution in [2.75, 3.05) is 4.90 Å². The van der Waals surface area contributed by atoms with Crippen molar-refractivity contribution in [3.05, 3.63) is 29.8 Å². The van der Waals surface area contributed by atoms with Gasteiger partial charge in [-0.3, -0.25) is 0 Å². The van der Waals surface area contributed by atoms with E-state index in [9.17, 15) is 9.59 Å². The van der Waals surface area contributed by atoms with Crippen LogP contribution in [0.15, 0.2) is 24.3 Å². The van der Waals surface area contributed by atoms with Gasteiger partial charge in [0.2, 0.25) is 0 Å². The monoisotopic (exact) mass is 307 g/mol. The minimum atomic E-state index is -0.759. The molecule has 5 heteroatoms. The zero-order valence-electron chi connectivity index (χ0n) is 14.4. The Morgan fingerprint density at radius 2 is 1.18 bits per heavy atom. The second kappa shape index (κ2) is 6.38. The van der Waals surface area contributed by atoms with Gasteiger partial charge in [-0.1, -0.05) is 17.7 Å². The van der Waals surface area contributed by atoms with Crippen LogP contribution in [-0.4, -0.2) is 23.4 Å². The summed E-state index contributed by atoms with van der Waals surface area (Å²) in [6.07, 6.45) is -1.52. The van der Waals surface area contributed by atoms with E-state index in [-0.39, 0.29) is 0 Å².